The third-order valence-corrected chi connectivity index (χ3v) is 1.32. The van der Waals surface area contributed by atoms with Gasteiger partial charge in [-0.05, 0) is 14.1 Å². The summed E-state index contributed by atoms with van der Waals surface area (Å²) in [7, 11) is 3.95. The van der Waals surface area contributed by atoms with Crippen LogP contribution in [0.15, 0.2) is 0 Å². The van der Waals surface area contributed by atoms with Crippen molar-refractivity contribution in [3.8, 4) is 0 Å². The summed E-state index contributed by atoms with van der Waals surface area (Å²) >= 11 is 1.50. The Bertz CT molecular complexity index is 40.7. The van der Waals surface area contributed by atoms with Crippen molar-refractivity contribution in [1.82, 2.24) is 4.90 Å². The lowest BCUT2D eigenvalue weighted by Gasteiger charge is -2.05. The number of rotatable bonds is 3. The summed E-state index contributed by atoms with van der Waals surface area (Å²) in [5, 5.41) is 8.25. The van der Waals surface area contributed by atoms with Gasteiger partial charge in [0.1, 0.15) is 0 Å². The summed E-state index contributed by atoms with van der Waals surface area (Å²) in [6, 6.07) is 0. The molecule has 0 spiro atoms. The number of nitrogens with zero attached hydrogens (tertiary/aromatic N) is 1. The zero-order valence-corrected chi connectivity index (χ0v) is 5.53. The van der Waals surface area contributed by atoms with Crippen molar-refractivity contribution < 1.29 is 5.11 Å². The van der Waals surface area contributed by atoms with Crippen LogP contribution in [0.25, 0.3) is 0 Å². The van der Waals surface area contributed by atoms with Crippen LogP contribution < -0.4 is 0 Å². The van der Waals surface area contributed by atoms with Crippen molar-refractivity contribution in [1.29, 1.82) is 0 Å². The smallest absolute Gasteiger partial charge is 0.0898 e. The van der Waals surface area contributed by atoms with Gasteiger partial charge in [0.05, 0.1) is 5.94 Å². The Kier molecular flexibility index (Phi) is 4.60. The van der Waals surface area contributed by atoms with Gasteiger partial charge in [-0.2, -0.15) is 0 Å². The van der Waals surface area contributed by atoms with Gasteiger partial charge in [-0.1, -0.05) is 0 Å². The molecule has 1 N–H and O–H groups in total. The fraction of sp³-hybridized carbons (Fsp3) is 1.00. The van der Waals surface area contributed by atoms with Crippen LogP contribution in [0.5, 0.6) is 0 Å². The summed E-state index contributed by atoms with van der Waals surface area (Å²) in [6.07, 6.45) is 0. The van der Waals surface area contributed by atoms with E-state index < -0.39 is 0 Å². The molecule has 0 aromatic carbocycles. The van der Waals surface area contributed by atoms with Gasteiger partial charge in [0, 0.05) is 5.88 Å². The van der Waals surface area contributed by atoms with Crippen LogP contribution in [0.3, 0.4) is 0 Å². The van der Waals surface area contributed by atoms with Gasteiger partial charge in [0.2, 0.25) is 0 Å². The Balaban J connectivity index is 2.68. The van der Waals surface area contributed by atoms with Crippen LogP contribution in [0, 0.1) is 0 Å². The maximum Gasteiger partial charge on any atom is 0.0898 e. The maximum atomic E-state index is 8.25. The van der Waals surface area contributed by atoms with Crippen molar-refractivity contribution in [3.63, 3.8) is 0 Å². The minimum Gasteiger partial charge on any atom is -0.386 e. The molecular formula is C4H11NOS. The zero-order valence-electron chi connectivity index (χ0n) is 4.72. The predicted octanol–water partition coefficient (Wildman–Crippen LogP) is 0.188. The highest BCUT2D eigenvalue weighted by atomic mass is 32.2. The largest absolute Gasteiger partial charge is 0.386 e. The Hall–Kier alpha value is 0.270. The second kappa shape index (κ2) is 4.43. The summed E-state index contributed by atoms with van der Waals surface area (Å²) in [5.74, 6) is 1.12. The molecule has 0 rings (SSSR count). The first-order valence-electron chi connectivity index (χ1n) is 2.10. The van der Waals surface area contributed by atoms with Crippen LogP contribution in [0.4, 0.5) is 0 Å². The molecule has 0 heterocycles. The van der Waals surface area contributed by atoms with E-state index in [1.54, 1.807) is 0 Å². The molecule has 0 saturated carbocycles. The lowest BCUT2D eigenvalue weighted by molar-refractivity contribution is 0.372. The van der Waals surface area contributed by atoms with E-state index in [9.17, 15) is 0 Å². The SMILES string of the molecule is CN(C)CSCO. The lowest BCUT2D eigenvalue weighted by atomic mass is 11.0. The Morgan fingerprint density at radius 1 is 1.57 bits per heavy atom. The van der Waals surface area contributed by atoms with E-state index in [4.69, 9.17) is 5.11 Å². The van der Waals surface area contributed by atoms with Gasteiger partial charge in [-0.3, -0.25) is 0 Å². The molecule has 0 bridgehead atoms. The van der Waals surface area contributed by atoms with Gasteiger partial charge < -0.3 is 10.0 Å². The summed E-state index contributed by atoms with van der Waals surface area (Å²) in [4.78, 5) is 2.01. The first kappa shape index (κ1) is 7.27. The minimum atomic E-state index is 0.220. The van der Waals surface area contributed by atoms with Crippen LogP contribution in [-0.4, -0.2) is 35.9 Å². The molecule has 3 heteroatoms. The fourth-order valence-corrected chi connectivity index (χ4v) is 0.670. The monoisotopic (exact) mass is 121 g/mol. The van der Waals surface area contributed by atoms with Crippen LogP contribution in [0.1, 0.15) is 0 Å². The van der Waals surface area contributed by atoms with E-state index >= 15 is 0 Å². The molecule has 2 nitrogen and oxygen atoms in total. The average Bonchev–Trinajstić information content (AvgIpc) is 1.61. The van der Waals surface area contributed by atoms with Crippen LogP contribution >= 0.6 is 11.8 Å². The summed E-state index contributed by atoms with van der Waals surface area (Å²) in [5.41, 5.74) is 0. The van der Waals surface area contributed by atoms with E-state index in [-0.39, 0.29) is 5.94 Å². The third-order valence-electron chi connectivity index (χ3n) is 0.441. The maximum absolute atomic E-state index is 8.25. The molecule has 0 aliphatic rings. The standard InChI is InChI=1S/C4H11NOS/c1-5(2)3-7-4-6/h6H,3-4H2,1-2H3. The first-order chi connectivity index (χ1) is 3.27. The average molecular weight is 121 g/mol. The molecule has 7 heavy (non-hydrogen) atoms. The van der Waals surface area contributed by atoms with Crippen molar-refractivity contribution in [2.45, 2.75) is 0 Å². The molecule has 0 amide bonds. The molecule has 0 atom stereocenters. The fourth-order valence-electron chi connectivity index (χ4n) is 0.223. The Labute approximate surface area is 48.5 Å². The van der Waals surface area contributed by atoms with Gasteiger partial charge in [0.15, 0.2) is 0 Å². The number of aliphatic hydroxyl groups excluding tert-OH is 1. The van der Waals surface area contributed by atoms with E-state index in [1.165, 1.54) is 11.8 Å². The molecule has 0 saturated heterocycles. The van der Waals surface area contributed by atoms with E-state index in [2.05, 4.69) is 0 Å². The van der Waals surface area contributed by atoms with Gasteiger partial charge >= 0.3 is 0 Å². The number of hydrogen-bond acceptors (Lipinski definition) is 3. The molecule has 0 aromatic rings. The Morgan fingerprint density at radius 2 is 2.14 bits per heavy atom. The normalized spacial score (nSPS) is 10.3. The number of thioether (sulfide) groups is 1. The molecule has 0 fully saturated rings. The predicted molar refractivity (Wildman–Crippen MR) is 33.2 cm³/mol. The van der Waals surface area contributed by atoms with Gasteiger partial charge in [-0.25, -0.2) is 0 Å². The third kappa shape index (κ3) is 6.27. The molecular weight excluding hydrogens is 110 g/mol. The minimum absolute atomic E-state index is 0.220. The highest BCUT2D eigenvalue weighted by Gasteiger charge is 1.84. The van der Waals surface area contributed by atoms with Crippen LogP contribution in [-0.2, 0) is 0 Å². The lowest BCUT2D eigenvalue weighted by Crippen LogP contribution is -2.09. The quantitative estimate of drug-likeness (QED) is 0.539. The Morgan fingerprint density at radius 3 is 2.29 bits per heavy atom. The van der Waals surface area contributed by atoms with E-state index in [0.717, 1.165) is 5.88 Å². The molecule has 0 aromatic heterocycles. The number of aliphatic hydroxyl groups is 1. The van der Waals surface area contributed by atoms with Crippen molar-refractivity contribution in [2.24, 2.45) is 0 Å². The topological polar surface area (TPSA) is 23.5 Å². The summed E-state index contributed by atoms with van der Waals surface area (Å²) in [6.45, 7) is 0. The first-order valence-corrected chi connectivity index (χ1v) is 3.26. The highest BCUT2D eigenvalue weighted by Crippen LogP contribution is 1.95. The second-order valence-corrected chi connectivity index (χ2v) is 2.47. The van der Waals surface area contributed by atoms with Gasteiger partial charge in [-0.15, -0.1) is 11.8 Å². The summed E-state index contributed by atoms with van der Waals surface area (Å²) < 4.78 is 0. The zero-order chi connectivity index (χ0) is 5.70. The van der Waals surface area contributed by atoms with E-state index in [1.807, 2.05) is 19.0 Å². The molecule has 0 unspecified atom stereocenters. The van der Waals surface area contributed by atoms with E-state index in [0.29, 0.717) is 0 Å². The highest BCUT2D eigenvalue weighted by molar-refractivity contribution is 7.99. The van der Waals surface area contributed by atoms with Crippen molar-refractivity contribution in [3.05, 3.63) is 0 Å². The molecule has 0 aliphatic heterocycles. The number of hydrogen-bond donors (Lipinski definition) is 1. The molecule has 44 valence electrons. The van der Waals surface area contributed by atoms with Gasteiger partial charge in [0.25, 0.3) is 0 Å². The van der Waals surface area contributed by atoms with Crippen LogP contribution in [0.2, 0.25) is 0 Å². The second-order valence-electron chi connectivity index (χ2n) is 1.54. The van der Waals surface area contributed by atoms with Crippen molar-refractivity contribution >= 4 is 11.8 Å². The molecule has 0 aliphatic carbocycles. The molecule has 0 radical (unpaired) electrons. The van der Waals surface area contributed by atoms with Crippen molar-refractivity contribution in [2.75, 3.05) is 25.9 Å².